The highest BCUT2D eigenvalue weighted by Crippen LogP contribution is 2.28. The quantitative estimate of drug-likeness (QED) is 0.631. The van der Waals surface area contributed by atoms with E-state index in [0.717, 1.165) is 12.1 Å². The van der Waals surface area contributed by atoms with Crippen molar-refractivity contribution in [2.45, 2.75) is 39.1 Å². The van der Waals surface area contributed by atoms with Crippen molar-refractivity contribution in [1.29, 1.82) is 0 Å². The van der Waals surface area contributed by atoms with Gasteiger partial charge < -0.3 is 24.8 Å². The number of likely N-dealkylation sites (N-methyl/N-ethyl adjacent to an activating group) is 1. The average Bonchev–Trinajstić information content (AvgIpc) is 2.67. The van der Waals surface area contributed by atoms with Crippen molar-refractivity contribution in [3.63, 3.8) is 0 Å². The Kier molecular flexibility index (Phi) is 8.51. The van der Waals surface area contributed by atoms with E-state index in [9.17, 15) is 5.11 Å². The molecule has 2 N–H and O–H groups in total. The second-order valence-electron chi connectivity index (χ2n) is 6.94. The van der Waals surface area contributed by atoms with Gasteiger partial charge in [0.1, 0.15) is 12.7 Å². The predicted octanol–water partition coefficient (Wildman–Crippen LogP) is 2.46. The highest BCUT2D eigenvalue weighted by Gasteiger charge is 2.13. The molecule has 0 unspecified atom stereocenters. The van der Waals surface area contributed by atoms with Crippen LogP contribution in [-0.2, 0) is 13.1 Å². The van der Waals surface area contributed by atoms with Gasteiger partial charge in [-0.2, -0.15) is 0 Å². The van der Waals surface area contributed by atoms with Crippen molar-refractivity contribution in [2.24, 2.45) is 0 Å². The Balaban J connectivity index is 1.90. The van der Waals surface area contributed by atoms with E-state index < -0.39 is 6.10 Å². The highest BCUT2D eigenvalue weighted by atomic mass is 16.5. The first kappa shape index (κ1) is 21.2. The summed E-state index contributed by atoms with van der Waals surface area (Å²) in [7, 11) is 3.61. The van der Waals surface area contributed by atoms with Crippen LogP contribution in [0.2, 0.25) is 0 Å². The Bertz CT molecular complexity index is 680. The summed E-state index contributed by atoms with van der Waals surface area (Å²) in [6, 6.07) is 10.2. The Hall–Kier alpha value is -2.15. The van der Waals surface area contributed by atoms with Crippen molar-refractivity contribution >= 4 is 0 Å². The highest BCUT2D eigenvalue weighted by molar-refractivity contribution is 5.43. The second kappa shape index (κ2) is 10.9. The molecule has 1 aromatic heterocycles. The molecule has 1 aromatic carbocycles. The molecule has 0 fully saturated rings. The number of nitrogens with one attached hydrogen (secondary N) is 1. The molecule has 0 aliphatic rings. The number of aromatic nitrogens is 1. The molecule has 0 aliphatic carbocycles. The molecule has 0 saturated carbocycles. The molecule has 2 aromatic rings. The van der Waals surface area contributed by atoms with Gasteiger partial charge in [0.2, 0.25) is 0 Å². The molecule has 0 bridgehead atoms. The third-order valence-corrected chi connectivity index (χ3v) is 4.45. The number of methoxy groups -OCH3 is 1. The van der Waals surface area contributed by atoms with Crippen LogP contribution in [0, 0.1) is 0 Å². The number of aliphatic hydroxyl groups is 1. The molecular formula is C21H31N3O3. The number of benzene rings is 1. The Morgan fingerprint density at radius 3 is 2.44 bits per heavy atom. The van der Waals surface area contributed by atoms with Crippen molar-refractivity contribution in [2.75, 3.05) is 27.3 Å². The maximum absolute atomic E-state index is 10.2. The third kappa shape index (κ3) is 7.17. The smallest absolute Gasteiger partial charge is 0.161 e. The van der Waals surface area contributed by atoms with Crippen LogP contribution in [0.1, 0.15) is 25.0 Å². The van der Waals surface area contributed by atoms with Crippen molar-refractivity contribution in [1.82, 2.24) is 15.2 Å². The van der Waals surface area contributed by atoms with Crippen molar-refractivity contribution in [3.8, 4) is 11.5 Å². The molecule has 27 heavy (non-hydrogen) atoms. The summed E-state index contributed by atoms with van der Waals surface area (Å²) in [5.41, 5.74) is 2.28. The lowest BCUT2D eigenvalue weighted by Crippen LogP contribution is -2.37. The minimum absolute atomic E-state index is 0.224. The third-order valence-electron chi connectivity index (χ3n) is 4.45. The summed E-state index contributed by atoms with van der Waals surface area (Å²) in [6.45, 7) is 6.46. The van der Waals surface area contributed by atoms with Gasteiger partial charge in [0.25, 0.3) is 0 Å². The summed E-state index contributed by atoms with van der Waals surface area (Å²) >= 11 is 0. The van der Waals surface area contributed by atoms with Crippen LogP contribution >= 0.6 is 0 Å². The first-order chi connectivity index (χ1) is 13.0. The first-order valence-corrected chi connectivity index (χ1v) is 9.27. The Morgan fingerprint density at radius 2 is 1.78 bits per heavy atom. The molecule has 0 radical (unpaired) electrons. The van der Waals surface area contributed by atoms with Gasteiger partial charge in [-0.3, -0.25) is 4.98 Å². The molecule has 6 heteroatoms. The Labute approximate surface area is 162 Å². The summed E-state index contributed by atoms with van der Waals surface area (Å²) in [5, 5.41) is 13.6. The molecular weight excluding hydrogens is 342 g/mol. The molecule has 6 nitrogen and oxygen atoms in total. The second-order valence-corrected chi connectivity index (χ2v) is 6.94. The summed E-state index contributed by atoms with van der Waals surface area (Å²) in [6.07, 6.45) is 3.02. The van der Waals surface area contributed by atoms with Crippen molar-refractivity contribution in [3.05, 3.63) is 53.9 Å². The normalized spacial score (nSPS) is 12.4. The van der Waals surface area contributed by atoms with Crippen molar-refractivity contribution < 1.29 is 14.6 Å². The van der Waals surface area contributed by atoms with Gasteiger partial charge in [-0.15, -0.1) is 0 Å². The number of hydrogen-bond acceptors (Lipinski definition) is 6. The van der Waals surface area contributed by atoms with Gasteiger partial charge in [0, 0.05) is 38.1 Å². The minimum Gasteiger partial charge on any atom is -0.493 e. The largest absolute Gasteiger partial charge is 0.493 e. The number of pyridine rings is 1. The number of hydrogen-bond donors (Lipinski definition) is 2. The lowest BCUT2D eigenvalue weighted by Gasteiger charge is -2.24. The van der Waals surface area contributed by atoms with E-state index in [4.69, 9.17) is 9.47 Å². The van der Waals surface area contributed by atoms with E-state index in [1.165, 1.54) is 5.56 Å². The predicted molar refractivity (Wildman–Crippen MR) is 107 cm³/mol. The van der Waals surface area contributed by atoms with Gasteiger partial charge in [-0.25, -0.2) is 0 Å². The van der Waals surface area contributed by atoms with Gasteiger partial charge in [0.05, 0.1) is 7.11 Å². The molecule has 2 rings (SSSR count). The number of rotatable bonds is 11. The molecule has 1 atom stereocenters. The topological polar surface area (TPSA) is 66.8 Å². The van der Waals surface area contributed by atoms with Crippen LogP contribution in [0.4, 0.5) is 0 Å². The lowest BCUT2D eigenvalue weighted by atomic mass is 10.2. The minimum atomic E-state index is -0.560. The monoisotopic (exact) mass is 373 g/mol. The molecule has 0 spiro atoms. The summed E-state index contributed by atoms with van der Waals surface area (Å²) < 4.78 is 11.2. The van der Waals surface area contributed by atoms with Crippen LogP contribution in [0.15, 0.2) is 42.7 Å². The number of aliphatic hydroxyl groups excluding tert-OH is 1. The maximum atomic E-state index is 10.2. The van der Waals surface area contributed by atoms with Crippen LogP contribution in [0.3, 0.4) is 0 Å². The van der Waals surface area contributed by atoms with E-state index in [-0.39, 0.29) is 6.61 Å². The molecule has 0 aliphatic heterocycles. The van der Waals surface area contributed by atoms with Gasteiger partial charge in [0.15, 0.2) is 11.5 Å². The first-order valence-electron chi connectivity index (χ1n) is 9.27. The number of ether oxygens (including phenoxy) is 2. The standard InChI is InChI=1S/C21H31N3O3/c1-16(2)24(3)14-19(25)15-27-21-11-18(5-6-20(21)26-4)13-23-12-17-7-9-22-10-8-17/h5-11,16,19,23,25H,12-15H2,1-4H3/t19-/m1/s1. The van der Waals surface area contributed by atoms with Gasteiger partial charge >= 0.3 is 0 Å². The lowest BCUT2D eigenvalue weighted by molar-refractivity contribution is 0.0668. The zero-order chi connectivity index (χ0) is 19.6. The molecule has 148 valence electrons. The van der Waals surface area contributed by atoms with Gasteiger partial charge in [-0.1, -0.05) is 6.07 Å². The molecule has 1 heterocycles. The molecule has 0 saturated heterocycles. The maximum Gasteiger partial charge on any atom is 0.161 e. The molecule has 0 amide bonds. The van der Waals surface area contributed by atoms with E-state index in [1.54, 1.807) is 19.5 Å². The van der Waals surface area contributed by atoms with E-state index in [1.807, 2.05) is 37.4 Å². The summed E-state index contributed by atoms with van der Waals surface area (Å²) in [5.74, 6) is 1.31. The van der Waals surface area contributed by atoms with Crippen LogP contribution < -0.4 is 14.8 Å². The van der Waals surface area contributed by atoms with Crippen LogP contribution in [0.5, 0.6) is 11.5 Å². The fourth-order valence-electron chi connectivity index (χ4n) is 2.58. The summed E-state index contributed by atoms with van der Waals surface area (Å²) in [4.78, 5) is 6.11. The fraction of sp³-hybridized carbons (Fsp3) is 0.476. The SMILES string of the molecule is COc1ccc(CNCc2ccncc2)cc1OC[C@H](O)CN(C)C(C)C. The van der Waals surface area contributed by atoms with Crippen LogP contribution in [0.25, 0.3) is 0 Å². The Morgan fingerprint density at radius 1 is 1.07 bits per heavy atom. The average molecular weight is 373 g/mol. The zero-order valence-corrected chi connectivity index (χ0v) is 16.7. The van der Waals surface area contributed by atoms with E-state index in [2.05, 4.69) is 29.0 Å². The zero-order valence-electron chi connectivity index (χ0n) is 16.7. The van der Waals surface area contributed by atoms with Crippen LogP contribution in [-0.4, -0.2) is 54.4 Å². The number of nitrogens with zero attached hydrogens (tertiary/aromatic N) is 2. The van der Waals surface area contributed by atoms with Gasteiger partial charge in [-0.05, 0) is 56.3 Å². The van der Waals surface area contributed by atoms with E-state index in [0.29, 0.717) is 30.6 Å². The van der Waals surface area contributed by atoms with E-state index >= 15 is 0 Å². The fourth-order valence-corrected chi connectivity index (χ4v) is 2.58.